The summed E-state index contributed by atoms with van der Waals surface area (Å²) in [6.45, 7) is 4.76. The van der Waals surface area contributed by atoms with Crippen molar-refractivity contribution in [3.8, 4) is 0 Å². The Morgan fingerprint density at radius 1 is 1.50 bits per heavy atom. The van der Waals surface area contributed by atoms with Crippen molar-refractivity contribution in [2.75, 3.05) is 19.7 Å². The van der Waals surface area contributed by atoms with Crippen molar-refractivity contribution in [3.05, 3.63) is 0 Å². The highest BCUT2D eigenvalue weighted by Gasteiger charge is 2.47. The first-order chi connectivity index (χ1) is 6.74. The van der Waals surface area contributed by atoms with E-state index in [4.69, 9.17) is 4.74 Å². The largest absolute Gasteiger partial charge is 0.466 e. The van der Waals surface area contributed by atoms with Gasteiger partial charge in [-0.3, -0.25) is 4.79 Å². The molecular formula is C11H19NO2. The number of carbonyl (C=O) groups is 1. The molecule has 0 unspecified atom stereocenters. The van der Waals surface area contributed by atoms with Gasteiger partial charge in [0.2, 0.25) is 0 Å². The third kappa shape index (κ3) is 1.92. The molecule has 3 nitrogen and oxygen atoms in total. The Morgan fingerprint density at radius 2 is 2.21 bits per heavy atom. The van der Waals surface area contributed by atoms with Crippen molar-refractivity contribution in [1.82, 2.24) is 5.32 Å². The van der Waals surface area contributed by atoms with Crippen molar-refractivity contribution in [2.45, 2.75) is 32.6 Å². The number of rotatable bonds is 4. The first-order valence-electron chi connectivity index (χ1n) is 5.60. The predicted molar refractivity (Wildman–Crippen MR) is 53.9 cm³/mol. The van der Waals surface area contributed by atoms with Gasteiger partial charge in [0.05, 0.1) is 6.61 Å². The van der Waals surface area contributed by atoms with Crippen LogP contribution in [0.1, 0.15) is 32.6 Å². The minimum absolute atomic E-state index is 0.0276. The van der Waals surface area contributed by atoms with E-state index in [0.717, 1.165) is 12.3 Å². The van der Waals surface area contributed by atoms with Crippen molar-refractivity contribution < 1.29 is 9.53 Å². The Bertz CT molecular complexity index is 215. The summed E-state index contributed by atoms with van der Waals surface area (Å²) in [6, 6.07) is 0. The quantitative estimate of drug-likeness (QED) is 0.691. The normalized spacial score (nSPS) is 24.1. The lowest BCUT2D eigenvalue weighted by Crippen LogP contribution is -2.60. The number of ether oxygens (including phenoxy) is 1. The van der Waals surface area contributed by atoms with E-state index in [-0.39, 0.29) is 5.97 Å². The van der Waals surface area contributed by atoms with Crippen LogP contribution < -0.4 is 5.32 Å². The highest BCUT2D eigenvalue weighted by Crippen LogP contribution is 2.49. The minimum Gasteiger partial charge on any atom is -0.466 e. The first-order valence-corrected chi connectivity index (χ1v) is 5.60. The van der Waals surface area contributed by atoms with Crippen molar-refractivity contribution in [1.29, 1.82) is 0 Å². The van der Waals surface area contributed by atoms with Gasteiger partial charge in [-0.05, 0) is 37.5 Å². The zero-order valence-corrected chi connectivity index (χ0v) is 8.84. The molecule has 1 N–H and O–H groups in total. The first kappa shape index (κ1) is 9.97. The van der Waals surface area contributed by atoms with Crippen molar-refractivity contribution in [3.63, 3.8) is 0 Å². The standard InChI is InChI=1S/C11H19NO2/c1-2-14-10(13)4-3-9-5-11(6-9)7-12-8-11/h9,12H,2-8H2,1H3. The summed E-state index contributed by atoms with van der Waals surface area (Å²) in [5.74, 6) is 0.752. The molecular weight excluding hydrogens is 178 g/mol. The van der Waals surface area contributed by atoms with Crippen LogP contribution in [0.4, 0.5) is 0 Å². The Kier molecular flexibility index (Phi) is 2.77. The lowest BCUT2D eigenvalue weighted by molar-refractivity contribution is -0.144. The molecule has 2 fully saturated rings. The summed E-state index contributed by atoms with van der Waals surface area (Å²) in [6.07, 6.45) is 4.28. The van der Waals surface area contributed by atoms with Crippen molar-refractivity contribution >= 4 is 5.97 Å². The smallest absolute Gasteiger partial charge is 0.305 e. The second-order valence-corrected chi connectivity index (χ2v) is 4.72. The fourth-order valence-corrected chi connectivity index (χ4v) is 2.69. The molecule has 1 saturated heterocycles. The second-order valence-electron chi connectivity index (χ2n) is 4.72. The zero-order chi connectivity index (χ0) is 10.0. The van der Waals surface area contributed by atoms with Crippen LogP contribution in [-0.2, 0) is 9.53 Å². The van der Waals surface area contributed by atoms with E-state index in [9.17, 15) is 4.79 Å². The highest BCUT2D eigenvalue weighted by atomic mass is 16.5. The zero-order valence-electron chi connectivity index (χ0n) is 8.84. The van der Waals surface area contributed by atoms with E-state index in [2.05, 4.69) is 5.32 Å². The molecule has 0 radical (unpaired) electrons. The Labute approximate surface area is 85.2 Å². The van der Waals surface area contributed by atoms with E-state index in [0.29, 0.717) is 18.4 Å². The number of carbonyl (C=O) groups excluding carboxylic acids is 1. The molecule has 1 saturated carbocycles. The van der Waals surface area contributed by atoms with Gasteiger partial charge in [0.1, 0.15) is 0 Å². The maximum absolute atomic E-state index is 11.1. The predicted octanol–water partition coefficient (Wildman–Crippen LogP) is 1.33. The number of esters is 1. The van der Waals surface area contributed by atoms with Gasteiger partial charge in [0.25, 0.3) is 0 Å². The van der Waals surface area contributed by atoms with E-state index >= 15 is 0 Å². The molecule has 1 spiro atoms. The number of nitrogens with one attached hydrogen (secondary N) is 1. The average Bonchev–Trinajstić information content (AvgIpc) is 1.99. The third-order valence-electron chi connectivity index (χ3n) is 3.51. The average molecular weight is 197 g/mol. The Hall–Kier alpha value is -0.570. The van der Waals surface area contributed by atoms with Gasteiger partial charge in [-0.25, -0.2) is 0 Å². The van der Waals surface area contributed by atoms with Crippen LogP contribution in [0.3, 0.4) is 0 Å². The summed E-state index contributed by atoms with van der Waals surface area (Å²) >= 11 is 0. The Morgan fingerprint density at radius 3 is 2.71 bits per heavy atom. The summed E-state index contributed by atoms with van der Waals surface area (Å²) in [5.41, 5.74) is 0.638. The summed E-state index contributed by atoms with van der Waals surface area (Å²) in [7, 11) is 0. The molecule has 1 heterocycles. The monoisotopic (exact) mass is 197 g/mol. The summed E-state index contributed by atoms with van der Waals surface area (Å²) in [5, 5.41) is 3.32. The second kappa shape index (κ2) is 3.89. The van der Waals surface area contributed by atoms with Gasteiger partial charge >= 0.3 is 5.97 Å². The molecule has 14 heavy (non-hydrogen) atoms. The van der Waals surface area contributed by atoms with E-state index < -0.39 is 0 Å². The van der Waals surface area contributed by atoms with Crippen LogP contribution in [0.25, 0.3) is 0 Å². The fourth-order valence-electron chi connectivity index (χ4n) is 2.69. The van der Waals surface area contributed by atoms with Crippen LogP contribution in [0, 0.1) is 11.3 Å². The van der Waals surface area contributed by atoms with Gasteiger partial charge in [0.15, 0.2) is 0 Å². The van der Waals surface area contributed by atoms with Gasteiger partial charge < -0.3 is 10.1 Å². The minimum atomic E-state index is -0.0276. The van der Waals surface area contributed by atoms with Gasteiger partial charge in [-0.15, -0.1) is 0 Å². The van der Waals surface area contributed by atoms with Crippen LogP contribution in [0.2, 0.25) is 0 Å². The maximum atomic E-state index is 11.1. The number of hydrogen-bond acceptors (Lipinski definition) is 3. The lowest BCUT2D eigenvalue weighted by Gasteiger charge is -2.54. The van der Waals surface area contributed by atoms with Crippen LogP contribution in [-0.4, -0.2) is 25.7 Å². The molecule has 80 valence electrons. The number of hydrogen-bond donors (Lipinski definition) is 1. The summed E-state index contributed by atoms with van der Waals surface area (Å²) < 4.78 is 4.90. The molecule has 2 aliphatic rings. The SMILES string of the molecule is CCOC(=O)CCC1CC2(CNC2)C1. The molecule has 0 bridgehead atoms. The van der Waals surface area contributed by atoms with Gasteiger partial charge in [-0.2, -0.15) is 0 Å². The summed E-state index contributed by atoms with van der Waals surface area (Å²) in [4.78, 5) is 11.1. The molecule has 0 aromatic carbocycles. The maximum Gasteiger partial charge on any atom is 0.305 e. The van der Waals surface area contributed by atoms with Crippen LogP contribution in [0.15, 0.2) is 0 Å². The molecule has 0 atom stereocenters. The van der Waals surface area contributed by atoms with Crippen molar-refractivity contribution in [2.24, 2.45) is 11.3 Å². The molecule has 2 rings (SSSR count). The molecule has 3 heteroatoms. The highest BCUT2D eigenvalue weighted by molar-refractivity contribution is 5.69. The van der Waals surface area contributed by atoms with Gasteiger partial charge in [0, 0.05) is 19.5 Å². The van der Waals surface area contributed by atoms with E-state index in [1.807, 2.05) is 6.92 Å². The lowest BCUT2D eigenvalue weighted by atomic mass is 9.57. The molecule has 0 amide bonds. The molecule has 1 aliphatic carbocycles. The van der Waals surface area contributed by atoms with Crippen LogP contribution in [0.5, 0.6) is 0 Å². The molecule has 0 aromatic heterocycles. The fraction of sp³-hybridized carbons (Fsp3) is 0.909. The van der Waals surface area contributed by atoms with Gasteiger partial charge in [-0.1, -0.05) is 0 Å². The molecule has 1 aliphatic heterocycles. The topological polar surface area (TPSA) is 38.3 Å². The van der Waals surface area contributed by atoms with E-state index in [1.54, 1.807) is 0 Å². The molecule has 0 aromatic rings. The third-order valence-corrected chi connectivity index (χ3v) is 3.51. The van der Waals surface area contributed by atoms with E-state index in [1.165, 1.54) is 25.9 Å². The Balaban J connectivity index is 1.57. The van der Waals surface area contributed by atoms with Crippen LogP contribution >= 0.6 is 0 Å².